The monoisotopic (exact) mass is 350 g/mol. The number of carbonyl (C=O) groups is 3. The Labute approximate surface area is 148 Å². The molecule has 0 bridgehead atoms. The summed E-state index contributed by atoms with van der Waals surface area (Å²) >= 11 is 0. The summed E-state index contributed by atoms with van der Waals surface area (Å²) in [6, 6.07) is 6.02. The van der Waals surface area contributed by atoms with Crippen molar-refractivity contribution >= 4 is 17.8 Å². The van der Waals surface area contributed by atoms with Crippen LogP contribution in [0.2, 0.25) is 0 Å². The number of carboxylic acid groups (broad SMARTS) is 1. The van der Waals surface area contributed by atoms with Gasteiger partial charge in [0.25, 0.3) is 5.91 Å². The molecule has 25 heavy (non-hydrogen) atoms. The van der Waals surface area contributed by atoms with E-state index in [1.54, 1.807) is 31.2 Å². The summed E-state index contributed by atoms with van der Waals surface area (Å²) in [7, 11) is 1.47. The molecule has 1 aromatic rings. The van der Waals surface area contributed by atoms with Crippen molar-refractivity contribution in [2.24, 2.45) is 5.92 Å². The van der Waals surface area contributed by atoms with Crippen molar-refractivity contribution in [2.75, 3.05) is 20.2 Å². The summed E-state index contributed by atoms with van der Waals surface area (Å²) in [5, 5.41) is 11.6. The van der Waals surface area contributed by atoms with Gasteiger partial charge in [0.1, 0.15) is 11.8 Å². The number of carboxylic acids is 1. The number of benzene rings is 1. The third kappa shape index (κ3) is 5.77. The van der Waals surface area contributed by atoms with Crippen LogP contribution in [-0.4, -0.2) is 54.0 Å². The minimum absolute atomic E-state index is 0.110. The van der Waals surface area contributed by atoms with Gasteiger partial charge < -0.3 is 20.1 Å². The number of nitrogens with one attached hydrogen (secondary N) is 1. The maximum atomic E-state index is 12.7. The van der Waals surface area contributed by atoms with Gasteiger partial charge in [0.2, 0.25) is 5.91 Å². The number of amides is 2. The standard InChI is InChI=1S/C18H26N2O5/c1-5-20(11-10-15(21)22)18(24)16(12(2)3)19-17(23)13-8-6-7-9-14(13)25-4/h6-9,12,16H,5,10-11H2,1-4H3,(H,19,23)(H,21,22). The van der Waals surface area contributed by atoms with E-state index < -0.39 is 17.9 Å². The largest absolute Gasteiger partial charge is 0.496 e. The molecule has 0 aromatic heterocycles. The van der Waals surface area contributed by atoms with Crippen LogP contribution in [0.1, 0.15) is 37.6 Å². The van der Waals surface area contributed by atoms with Crippen molar-refractivity contribution in [3.8, 4) is 5.75 Å². The fourth-order valence-electron chi connectivity index (χ4n) is 2.42. The molecule has 0 saturated carbocycles. The Morgan fingerprint density at radius 1 is 1.24 bits per heavy atom. The van der Waals surface area contributed by atoms with Crippen LogP contribution in [0.5, 0.6) is 5.75 Å². The number of hydrogen-bond acceptors (Lipinski definition) is 4. The number of rotatable bonds is 9. The quantitative estimate of drug-likeness (QED) is 0.708. The molecule has 0 spiro atoms. The predicted molar refractivity (Wildman–Crippen MR) is 93.6 cm³/mol. The maximum absolute atomic E-state index is 12.7. The fraction of sp³-hybridized carbons (Fsp3) is 0.500. The van der Waals surface area contributed by atoms with Crippen LogP contribution in [0, 0.1) is 5.92 Å². The average Bonchev–Trinajstić information content (AvgIpc) is 2.59. The zero-order valence-electron chi connectivity index (χ0n) is 15.1. The van der Waals surface area contributed by atoms with E-state index in [1.165, 1.54) is 12.0 Å². The minimum atomic E-state index is -0.967. The van der Waals surface area contributed by atoms with Gasteiger partial charge in [-0.25, -0.2) is 0 Å². The first-order chi connectivity index (χ1) is 11.8. The van der Waals surface area contributed by atoms with E-state index >= 15 is 0 Å². The molecule has 7 nitrogen and oxygen atoms in total. The Bertz CT molecular complexity index is 615. The molecule has 138 valence electrons. The molecule has 1 rings (SSSR count). The third-order valence-electron chi connectivity index (χ3n) is 3.86. The molecule has 1 unspecified atom stereocenters. The molecule has 2 amide bonds. The summed E-state index contributed by atoms with van der Waals surface area (Å²) in [4.78, 5) is 37.5. The molecule has 7 heteroatoms. The normalized spacial score (nSPS) is 11.7. The highest BCUT2D eigenvalue weighted by Gasteiger charge is 2.29. The molecule has 1 aromatic carbocycles. The highest BCUT2D eigenvalue weighted by molar-refractivity contribution is 5.99. The summed E-state index contributed by atoms with van der Waals surface area (Å²) in [6.45, 7) is 5.92. The predicted octanol–water partition coefficient (Wildman–Crippen LogP) is 1.77. The second-order valence-electron chi connectivity index (χ2n) is 5.96. The molecule has 0 heterocycles. The number of hydrogen-bond donors (Lipinski definition) is 2. The Hall–Kier alpha value is -2.57. The lowest BCUT2D eigenvalue weighted by atomic mass is 10.0. The van der Waals surface area contributed by atoms with Gasteiger partial charge in [-0.3, -0.25) is 14.4 Å². The molecular weight excluding hydrogens is 324 g/mol. The number of nitrogens with zero attached hydrogens (tertiary/aromatic N) is 1. The van der Waals surface area contributed by atoms with Gasteiger partial charge in [0, 0.05) is 13.1 Å². The lowest BCUT2D eigenvalue weighted by Crippen LogP contribution is -2.51. The van der Waals surface area contributed by atoms with Crippen LogP contribution in [0.4, 0.5) is 0 Å². The van der Waals surface area contributed by atoms with Crippen LogP contribution >= 0.6 is 0 Å². The number of ether oxygens (including phenoxy) is 1. The number of methoxy groups -OCH3 is 1. The van der Waals surface area contributed by atoms with E-state index in [4.69, 9.17) is 9.84 Å². The van der Waals surface area contributed by atoms with E-state index in [2.05, 4.69) is 5.32 Å². The van der Waals surface area contributed by atoms with E-state index in [9.17, 15) is 14.4 Å². The summed E-state index contributed by atoms with van der Waals surface area (Å²) in [5.41, 5.74) is 0.344. The minimum Gasteiger partial charge on any atom is -0.496 e. The Morgan fingerprint density at radius 3 is 2.40 bits per heavy atom. The molecule has 1 atom stereocenters. The molecule has 0 aliphatic carbocycles. The second-order valence-corrected chi connectivity index (χ2v) is 5.96. The van der Waals surface area contributed by atoms with Gasteiger partial charge in [-0.1, -0.05) is 26.0 Å². The lowest BCUT2D eigenvalue weighted by Gasteiger charge is -2.29. The van der Waals surface area contributed by atoms with Crippen LogP contribution in [-0.2, 0) is 9.59 Å². The van der Waals surface area contributed by atoms with Crippen LogP contribution in [0.15, 0.2) is 24.3 Å². The molecule has 0 fully saturated rings. The first-order valence-electron chi connectivity index (χ1n) is 8.26. The van der Waals surface area contributed by atoms with Gasteiger partial charge >= 0.3 is 5.97 Å². The first kappa shape index (κ1) is 20.5. The van der Waals surface area contributed by atoms with Crippen LogP contribution < -0.4 is 10.1 Å². The van der Waals surface area contributed by atoms with Crippen molar-refractivity contribution in [2.45, 2.75) is 33.2 Å². The lowest BCUT2D eigenvalue weighted by molar-refractivity contribution is -0.139. The Morgan fingerprint density at radius 2 is 1.88 bits per heavy atom. The van der Waals surface area contributed by atoms with Crippen molar-refractivity contribution in [3.05, 3.63) is 29.8 Å². The van der Waals surface area contributed by atoms with Crippen LogP contribution in [0.3, 0.4) is 0 Å². The SMILES string of the molecule is CCN(CCC(=O)O)C(=O)C(NC(=O)c1ccccc1OC)C(C)C. The molecule has 0 saturated heterocycles. The third-order valence-corrected chi connectivity index (χ3v) is 3.86. The zero-order valence-corrected chi connectivity index (χ0v) is 15.1. The summed E-state index contributed by atoms with van der Waals surface area (Å²) in [5.74, 6) is -1.38. The molecule has 2 N–H and O–H groups in total. The van der Waals surface area contributed by atoms with Crippen molar-refractivity contribution < 1.29 is 24.2 Å². The second kappa shape index (κ2) is 9.66. The summed E-state index contributed by atoms with van der Waals surface area (Å²) in [6.07, 6.45) is -0.134. The van der Waals surface area contributed by atoms with E-state index in [0.717, 1.165) is 0 Å². The van der Waals surface area contributed by atoms with E-state index in [0.29, 0.717) is 17.9 Å². The highest BCUT2D eigenvalue weighted by Crippen LogP contribution is 2.18. The van der Waals surface area contributed by atoms with E-state index in [1.807, 2.05) is 13.8 Å². The maximum Gasteiger partial charge on any atom is 0.305 e. The first-order valence-corrected chi connectivity index (χ1v) is 8.26. The van der Waals surface area contributed by atoms with Gasteiger partial charge in [-0.05, 0) is 25.0 Å². The number of para-hydroxylation sites is 1. The number of aliphatic carboxylic acids is 1. The fourth-order valence-corrected chi connectivity index (χ4v) is 2.42. The molecule has 0 radical (unpaired) electrons. The van der Waals surface area contributed by atoms with Gasteiger partial charge in [-0.15, -0.1) is 0 Å². The molecule has 0 aliphatic heterocycles. The number of likely N-dealkylation sites (N-methyl/N-ethyl adjacent to an activating group) is 1. The zero-order chi connectivity index (χ0) is 19.0. The van der Waals surface area contributed by atoms with E-state index in [-0.39, 0.29) is 24.8 Å². The smallest absolute Gasteiger partial charge is 0.305 e. The van der Waals surface area contributed by atoms with Crippen molar-refractivity contribution in [1.82, 2.24) is 10.2 Å². The number of carbonyl (C=O) groups excluding carboxylic acids is 2. The van der Waals surface area contributed by atoms with Crippen molar-refractivity contribution in [3.63, 3.8) is 0 Å². The summed E-state index contributed by atoms with van der Waals surface area (Å²) < 4.78 is 5.18. The highest BCUT2D eigenvalue weighted by atomic mass is 16.5. The Kier molecular flexibility index (Phi) is 7.91. The molecular formula is C18H26N2O5. The Balaban J connectivity index is 2.93. The van der Waals surface area contributed by atoms with Crippen molar-refractivity contribution in [1.29, 1.82) is 0 Å². The molecule has 0 aliphatic rings. The van der Waals surface area contributed by atoms with Gasteiger partial charge in [-0.2, -0.15) is 0 Å². The topological polar surface area (TPSA) is 95.9 Å². The van der Waals surface area contributed by atoms with Gasteiger partial charge in [0.15, 0.2) is 0 Å². The average molecular weight is 350 g/mol. The van der Waals surface area contributed by atoms with Gasteiger partial charge in [0.05, 0.1) is 19.1 Å². The van der Waals surface area contributed by atoms with Crippen LogP contribution in [0.25, 0.3) is 0 Å².